The largest absolute Gasteiger partial charge is 0.508 e. The van der Waals surface area contributed by atoms with Crippen molar-refractivity contribution in [2.24, 2.45) is 0 Å². The number of aromatic hydroxyl groups is 1. The van der Waals surface area contributed by atoms with Crippen molar-refractivity contribution in [3.8, 4) is 5.75 Å². The first-order valence-electron chi connectivity index (χ1n) is 6.68. The number of thiazole rings is 1. The maximum Gasteiger partial charge on any atom is 0.115 e. The van der Waals surface area contributed by atoms with Crippen LogP contribution in [-0.2, 0) is 13.0 Å². The summed E-state index contributed by atoms with van der Waals surface area (Å²) >= 11 is 1.70. The lowest BCUT2D eigenvalue weighted by atomic mass is 9.87. The van der Waals surface area contributed by atoms with E-state index in [2.05, 4.69) is 16.4 Å². The van der Waals surface area contributed by atoms with E-state index in [1.165, 1.54) is 22.4 Å². The van der Waals surface area contributed by atoms with E-state index in [9.17, 15) is 5.11 Å². The second kappa shape index (κ2) is 5.31. The first-order valence-corrected chi connectivity index (χ1v) is 7.56. The van der Waals surface area contributed by atoms with Crippen molar-refractivity contribution in [2.75, 3.05) is 0 Å². The molecule has 1 aromatic carbocycles. The second-order valence-electron chi connectivity index (χ2n) is 5.07. The summed E-state index contributed by atoms with van der Waals surface area (Å²) in [7, 11) is 0. The van der Waals surface area contributed by atoms with Crippen molar-refractivity contribution in [1.29, 1.82) is 0 Å². The fourth-order valence-electron chi connectivity index (χ4n) is 2.71. The molecule has 4 heteroatoms. The summed E-state index contributed by atoms with van der Waals surface area (Å²) in [4.78, 5) is 5.58. The van der Waals surface area contributed by atoms with Crippen molar-refractivity contribution in [3.05, 3.63) is 45.4 Å². The highest BCUT2D eigenvalue weighted by atomic mass is 32.1. The zero-order valence-electron chi connectivity index (χ0n) is 11.0. The highest BCUT2D eigenvalue weighted by Gasteiger charge is 2.20. The average molecular weight is 274 g/mol. The number of aromatic nitrogens is 1. The Morgan fingerprint density at radius 3 is 3.16 bits per heavy atom. The van der Waals surface area contributed by atoms with Gasteiger partial charge in [0.1, 0.15) is 5.75 Å². The zero-order valence-corrected chi connectivity index (χ0v) is 11.8. The van der Waals surface area contributed by atoms with Gasteiger partial charge in [-0.05, 0) is 49.4 Å². The molecule has 19 heavy (non-hydrogen) atoms. The Bertz CT molecular complexity index is 579. The molecule has 0 saturated heterocycles. The summed E-state index contributed by atoms with van der Waals surface area (Å²) in [5.74, 6) is 0.362. The van der Waals surface area contributed by atoms with Crippen molar-refractivity contribution >= 4 is 11.3 Å². The lowest BCUT2D eigenvalue weighted by Gasteiger charge is -2.26. The molecule has 0 radical (unpaired) electrons. The topological polar surface area (TPSA) is 45.2 Å². The van der Waals surface area contributed by atoms with E-state index in [1.807, 2.05) is 18.5 Å². The van der Waals surface area contributed by atoms with Gasteiger partial charge >= 0.3 is 0 Å². The van der Waals surface area contributed by atoms with E-state index in [0.29, 0.717) is 11.8 Å². The van der Waals surface area contributed by atoms with E-state index in [0.717, 1.165) is 25.1 Å². The molecule has 3 nitrogen and oxygen atoms in total. The molecule has 1 aromatic heterocycles. The van der Waals surface area contributed by atoms with Gasteiger partial charge in [0, 0.05) is 17.5 Å². The van der Waals surface area contributed by atoms with E-state index < -0.39 is 0 Å². The summed E-state index contributed by atoms with van der Waals surface area (Å²) in [5, 5.41) is 13.3. The summed E-state index contributed by atoms with van der Waals surface area (Å²) in [6.45, 7) is 2.91. The van der Waals surface area contributed by atoms with Gasteiger partial charge in [-0.25, -0.2) is 4.98 Å². The number of fused-ring (bicyclic) bond motifs is 1. The number of nitrogens with one attached hydrogen (secondary N) is 1. The maximum atomic E-state index is 9.67. The van der Waals surface area contributed by atoms with Crippen molar-refractivity contribution in [1.82, 2.24) is 10.3 Å². The fourth-order valence-corrected chi connectivity index (χ4v) is 3.44. The normalized spacial score (nSPS) is 18.3. The van der Waals surface area contributed by atoms with E-state index in [4.69, 9.17) is 0 Å². The van der Waals surface area contributed by atoms with E-state index >= 15 is 0 Å². The first-order chi connectivity index (χ1) is 9.24. The van der Waals surface area contributed by atoms with E-state index in [1.54, 1.807) is 17.4 Å². The minimum atomic E-state index is 0.345. The van der Waals surface area contributed by atoms with Gasteiger partial charge in [-0.1, -0.05) is 6.07 Å². The average Bonchev–Trinajstić information content (AvgIpc) is 2.82. The van der Waals surface area contributed by atoms with Gasteiger partial charge in [0.2, 0.25) is 0 Å². The number of hydrogen-bond donors (Lipinski definition) is 2. The molecule has 0 spiro atoms. The van der Waals surface area contributed by atoms with Crippen molar-refractivity contribution in [3.63, 3.8) is 0 Å². The van der Waals surface area contributed by atoms with Crippen LogP contribution in [0.3, 0.4) is 0 Å². The maximum absolute atomic E-state index is 9.67. The quantitative estimate of drug-likeness (QED) is 0.902. The molecule has 1 unspecified atom stereocenters. The molecule has 1 aliphatic rings. The molecule has 3 rings (SSSR count). The Balaban J connectivity index is 1.76. The van der Waals surface area contributed by atoms with Crippen molar-refractivity contribution < 1.29 is 5.11 Å². The van der Waals surface area contributed by atoms with E-state index in [-0.39, 0.29) is 0 Å². The minimum Gasteiger partial charge on any atom is -0.508 e. The highest BCUT2D eigenvalue weighted by Crippen LogP contribution is 2.32. The molecule has 100 valence electrons. The number of phenols is 1. The molecule has 0 bridgehead atoms. The number of hydrogen-bond acceptors (Lipinski definition) is 4. The first kappa shape index (κ1) is 12.6. The zero-order chi connectivity index (χ0) is 13.2. The number of aryl methyl sites for hydroxylation is 2. The minimum absolute atomic E-state index is 0.345. The summed E-state index contributed by atoms with van der Waals surface area (Å²) < 4.78 is 0. The van der Waals surface area contributed by atoms with Gasteiger partial charge in [0.25, 0.3) is 0 Å². The van der Waals surface area contributed by atoms with Gasteiger partial charge in [0.05, 0.1) is 11.2 Å². The summed E-state index contributed by atoms with van der Waals surface area (Å²) in [5.41, 5.74) is 5.63. The van der Waals surface area contributed by atoms with Crippen LogP contribution in [0.5, 0.6) is 5.75 Å². The third kappa shape index (κ3) is 2.65. The molecule has 0 saturated carbocycles. The van der Waals surface area contributed by atoms with Gasteiger partial charge in [-0.2, -0.15) is 0 Å². The standard InChI is InChI=1S/C15H18N2OS/c1-10-15(19-9-17-10)8-16-14-4-2-3-11-5-6-12(18)7-13(11)14/h5-7,9,14,16,18H,2-4,8H2,1H3. The Morgan fingerprint density at radius 2 is 2.37 bits per heavy atom. The van der Waals surface area contributed by atoms with Crippen LogP contribution in [0, 0.1) is 6.92 Å². The monoisotopic (exact) mass is 274 g/mol. The van der Waals surface area contributed by atoms with Crippen LogP contribution in [0.4, 0.5) is 0 Å². The summed E-state index contributed by atoms with van der Waals surface area (Å²) in [6.07, 6.45) is 3.46. The Hall–Kier alpha value is -1.39. The molecule has 1 heterocycles. The number of phenolic OH excluding ortho intramolecular Hbond substituents is 1. The molecule has 2 N–H and O–H groups in total. The number of nitrogens with zero attached hydrogens (tertiary/aromatic N) is 1. The Morgan fingerprint density at radius 1 is 1.47 bits per heavy atom. The number of benzene rings is 1. The molecule has 0 aliphatic heterocycles. The van der Waals surface area contributed by atoms with Gasteiger partial charge in [0.15, 0.2) is 0 Å². The summed E-state index contributed by atoms with van der Waals surface area (Å²) in [6, 6.07) is 6.09. The third-order valence-electron chi connectivity index (χ3n) is 3.80. The lowest BCUT2D eigenvalue weighted by Crippen LogP contribution is -2.24. The predicted molar refractivity (Wildman–Crippen MR) is 77.5 cm³/mol. The van der Waals surface area contributed by atoms with Gasteiger partial charge < -0.3 is 10.4 Å². The van der Waals surface area contributed by atoms with Crippen LogP contribution in [0.15, 0.2) is 23.7 Å². The lowest BCUT2D eigenvalue weighted by molar-refractivity contribution is 0.446. The predicted octanol–water partition coefficient (Wildman–Crippen LogP) is 3.32. The molecule has 2 aromatic rings. The van der Waals surface area contributed by atoms with Crippen LogP contribution in [0.1, 0.15) is 40.6 Å². The van der Waals surface area contributed by atoms with Crippen LogP contribution >= 0.6 is 11.3 Å². The SMILES string of the molecule is Cc1ncsc1CNC1CCCc2ccc(O)cc21. The second-order valence-corrected chi connectivity index (χ2v) is 6.01. The molecule has 1 aliphatic carbocycles. The van der Waals surface area contributed by atoms with Crippen LogP contribution < -0.4 is 5.32 Å². The van der Waals surface area contributed by atoms with Gasteiger partial charge in [-0.15, -0.1) is 11.3 Å². The molecule has 0 amide bonds. The smallest absolute Gasteiger partial charge is 0.115 e. The molecular formula is C15H18N2OS. The van der Waals surface area contributed by atoms with Crippen LogP contribution in [-0.4, -0.2) is 10.1 Å². The molecular weight excluding hydrogens is 256 g/mol. The fraction of sp³-hybridized carbons (Fsp3) is 0.400. The van der Waals surface area contributed by atoms with Crippen LogP contribution in [0.2, 0.25) is 0 Å². The van der Waals surface area contributed by atoms with Gasteiger partial charge in [-0.3, -0.25) is 0 Å². The van der Waals surface area contributed by atoms with Crippen LogP contribution in [0.25, 0.3) is 0 Å². The molecule has 0 fully saturated rings. The molecule has 1 atom stereocenters. The van der Waals surface area contributed by atoms with Crippen molar-refractivity contribution in [2.45, 2.75) is 38.8 Å². The third-order valence-corrected chi connectivity index (χ3v) is 4.73. The Labute approximate surface area is 117 Å². The number of rotatable bonds is 3. The Kier molecular flexibility index (Phi) is 3.53. The highest BCUT2D eigenvalue weighted by molar-refractivity contribution is 7.09.